The smallest absolute Gasteiger partial charge is 0.327 e. The molecule has 6 nitrogen and oxygen atoms in total. The molecule has 1 heterocycles. The van der Waals surface area contributed by atoms with Crippen LogP contribution in [0.25, 0.3) is 0 Å². The second-order valence-corrected chi connectivity index (χ2v) is 3.53. The molecule has 0 spiro atoms. The quantitative estimate of drug-likeness (QED) is 0.552. The number of carbonyl (C=O) groups is 2. The number of urea groups is 1. The average Bonchev–Trinajstić information content (AvgIpc) is 2.49. The summed E-state index contributed by atoms with van der Waals surface area (Å²) in [5.74, 6) is -0.134. The maximum atomic E-state index is 11.7. The van der Waals surface area contributed by atoms with Gasteiger partial charge in [-0.05, 0) is 25.9 Å². The summed E-state index contributed by atoms with van der Waals surface area (Å²) in [6.07, 6.45) is 1.38. The molecule has 0 bridgehead atoms. The van der Waals surface area contributed by atoms with Gasteiger partial charge in [0.25, 0.3) is 0 Å². The molecule has 1 saturated heterocycles. The lowest BCUT2D eigenvalue weighted by atomic mass is 10.4. The highest BCUT2D eigenvalue weighted by molar-refractivity contribution is 6.01. The van der Waals surface area contributed by atoms with Gasteiger partial charge in [-0.1, -0.05) is 0 Å². The molecule has 1 aliphatic heterocycles. The van der Waals surface area contributed by atoms with Crippen molar-refractivity contribution in [2.75, 3.05) is 32.7 Å². The summed E-state index contributed by atoms with van der Waals surface area (Å²) in [4.78, 5) is 25.9. The second-order valence-electron chi connectivity index (χ2n) is 3.53. The molecule has 0 aromatic rings. The van der Waals surface area contributed by atoms with E-state index in [1.54, 1.807) is 0 Å². The van der Waals surface area contributed by atoms with Gasteiger partial charge < -0.3 is 16.4 Å². The highest BCUT2D eigenvalue weighted by Gasteiger charge is 2.34. The zero-order valence-electron chi connectivity index (χ0n) is 8.82. The van der Waals surface area contributed by atoms with Gasteiger partial charge in [0.2, 0.25) is 5.91 Å². The minimum atomic E-state index is -0.207. The fraction of sp³-hybridized carbons (Fsp3) is 0.778. The van der Waals surface area contributed by atoms with Crippen molar-refractivity contribution in [2.45, 2.75) is 12.8 Å². The van der Waals surface area contributed by atoms with Crippen LogP contribution in [0.3, 0.4) is 0 Å². The fourth-order valence-electron chi connectivity index (χ4n) is 1.52. The first-order chi connectivity index (χ1) is 7.20. The van der Waals surface area contributed by atoms with Crippen molar-refractivity contribution < 1.29 is 9.59 Å². The number of amides is 3. The third-order valence-electron chi connectivity index (χ3n) is 2.35. The van der Waals surface area contributed by atoms with E-state index in [9.17, 15) is 9.59 Å². The molecule has 0 saturated carbocycles. The fourth-order valence-corrected chi connectivity index (χ4v) is 1.52. The third kappa shape index (κ3) is 2.90. The van der Waals surface area contributed by atoms with Crippen LogP contribution in [0.15, 0.2) is 0 Å². The van der Waals surface area contributed by atoms with Crippen LogP contribution in [-0.2, 0) is 4.79 Å². The van der Waals surface area contributed by atoms with Gasteiger partial charge in [-0.15, -0.1) is 0 Å². The van der Waals surface area contributed by atoms with Crippen LogP contribution in [0.5, 0.6) is 0 Å². The van der Waals surface area contributed by atoms with E-state index in [1.165, 1.54) is 9.80 Å². The first-order valence-electron chi connectivity index (χ1n) is 5.20. The first kappa shape index (κ1) is 11.9. The van der Waals surface area contributed by atoms with Crippen molar-refractivity contribution in [3.05, 3.63) is 0 Å². The van der Waals surface area contributed by atoms with E-state index in [2.05, 4.69) is 0 Å². The van der Waals surface area contributed by atoms with Crippen LogP contribution in [-0.4, -0.2) is 54.5 Å². The van der Waals surface area contributed by atoms with Crippen molar-refractivity contribution in [1.29, 1.82) is 0 Å². The predicted molar refractivity (Wildman–Crippen MR) is 56.0 cm³/mol. The lowest BCUT2D eigenvalue weighted by Gasteiger charge is -2.16. The number of rotatable bonds is 6. The minimum Gasteiger partial charge on any atom is -0.330 e. The molecule has 4 N–H and O–H groups in total. The van der Waals surface area contributed by atoms with Crippen molar-refractivity contribution in [3.63, 3.8) is 0 Å². The molecule has 15 heavy (non-hydrogen) atoms. The Bertz CT molecular complexity index is 244. The van der Waals surface area contributed by atoms with Crippen molar-refractivity contribution >= 4 is 11.9 Å². The summed E-state index contributed by atoms with van der Waals surface area (Å²) in [6, 6.07) is -0.207. The van der Waals surface area contributed by atoms with Crippen LogP contribution >= 0.6 is 0 Å². The van der Waals surface area contributed by atoms with E-state index >= 15 is 0 Å². The Balaban J connectivity index is 2.46. The summed E-state index contributed by atoms with van der Waals surface area (Å²) in [5.41, 5.74) is 10.7. The molecule has 6 heteroatoms. The van der Waals surface area contributed by atoms with E-state index in [1.807, 2.05) is 0 Å². The SMILES string of the molecule is NCCCN1CC(=O)N(CCCN)C1=O. The molecule has 1 fully saturated rings. The number of hydrogen-bond donors (Lipinski definition) is 2. The van der Waals surface area contributed by atoms with Crippen LogP contribution in [0.1, 0.15) is 12.8 Å². The van der Waals surface area contributed by atoms with Gasteiger partial charge in [-0.25, -0.2) is 4.79 Å². The lowest BCUT2D eigenvalue weighted by Crippen LogP contribution is -2.35. The van der Waals surface area contributed by atoms with E-state index in [0.29, 0.717) is 32.6 Å². The van der Waals surface area contributed by atoms with Gasteiger partial charge >= 0.3 is 6.03 Å². The van der Waals surface area contributed by atoms with Gasteiger partial charge in [0, 0.05) is 13.1 Å². The van der Waals surface area contributed by atoms with Gasteiger partial charge in [0.1, 0.15) is 6.54 Å². The highest BCUT2D eigenvalue weighted by atomic mass is 16.2. The molecular formula is C9H18N4O2. The summed E-state index contributed by atoms with van der Waals surface area (Å²) >= 11 is 0. The Labute approximate surface area is 89.2 Å². The number of carbonyl (C=O) groups excluding carboxylic acids is 2. The molecule has 0 radical (unpaired) electrons. The monoisotopic (exact) mass is 214 g/mol. The van der Waals surface area contributed by atoms with Crippen LogP contribution in [0, 0.1) is 0 Å². The topological polar surface area (TPSA) is 92.7 Å². The molecule has 3 amide bonds. The second kappa shape index (κ2) is 5.67. The minimum absolute atomic E-state index is 0.134. The van der Waals surface area contributed by atoms with E-state index in [4.69, 9.17) is 11.5 Å². The van der Waals surface area contributed by atoms with Gasteiger partial charge in [-0.2, -0.15) is 0 Å². The van der Waals surface area contributed by atoms with E-state index in [-0.39, 0.29) is 18.5 Å². The molecule has 1 rings (SSSR count). The Morgan fingerprint density at radius 2 is 1.67 bits per heavy atom. The predicted octanol–water partition coefficient (Wildman–Crippen LogP) is -1.05. The molecule has 0 unspecified atom stereocenters. The standard InChI is InChI=1S/C9H18N4O2/c10-3-1-5-12-7-8(14)13(9(12)15)6-2-4-11/h1-7,10-11H2. The number of imide groups is 1. The van der Waals surface area contributed by atoms with E-state index in [0.717, 1.165) is 6.42 Å². The van der Waals surface area contributed by atoms with Crippen LogP contribution < -0.4 is 11.5 Å². The van der Waals surface area contributed by atoms with Gasteiger partial charge in [0.15, 0.2) is 0 Å². The van der Waals surface area contributed by atoms with Crippen molar-refractivity contribution in [3.8, 4) is 0 Å². The van der Waals surface area contributed by atoms with E-state index < -0.39 is 0 Å². The Kier molecular flexibility index (Phi) is 4.51. The summed E-state index contributed by atoms with van der Waals surface area (Å²) in [7, 11) is 0. The van der Waals surface area contributed by atoms with Crippen molar-refractivity contribution in [2.24, 2.45) is 11.5 Å². The molecular weight excluding hydrogens is 196 g/mol. The maximum absolute atomic E-state index is 11.7. The molecule has 1 aliphatic rings. The third-order valence-corrected chi connectivity index (χ3v) is 2.35. The van der Waals surface area contributed by atoms with Crippen LogP contribution in [0.4, 0.5) is 4.79 Å². The first-order valence-corrected chi connectivity index (χ1v) is 5.20. The summed E-state index contributed by atoms with van der Waals surface area (Å²) in [6.45, 7) is 2.18. The van der Waals surface area contributed by atoms with Gasteiger partial charge in [0.05, 0.1) is 0 Å². The Hall–Kier alpha value is -1.14. The Morgan fingerprint density at radius 3 is 2.27 bits per heavy atom. The zero-order chi connectivity index (χ0) is 11.3. The molecule has 0 atom stereocenters. The number of nitrogens with two attached hydrogens (primary N) is 2. The molecule has 86 valence electrons. The average molecular weight is 214 g/mol. The largest absolute Gasteiger partial charge is 0.330 e. The highest BCUT2D eigenvalue weighted by Crippen LogP contribution is 2.10. The Morgan fingerprint density at radius 1 is 1.07 bits per heavy atom. The number of nitrogens with zero attached hydrogens (tertiary/aromatic N) is 2. The molecule has 0 aliphatic carbocycles. The molecule has 0 aromatic carbocycles. The van der Waals surface area contributed by atoms with Gasteiger partial charge in [-0.3, -0.25) is 9.69 Å². The lowest BCUT2D eigenvalue weighted by molar-refractivity contribution is -0.125. The number of hydrogen-bond acceptors (Lipinski definition) is 4. The zero-order valence-corrected chi connectivity index (χ0v) is 8.82. The van der Waals surface area contributed by atoms with Crippen LogP contribution in [0.2, 0.25) is 0 Å². The summed E-state index contributed by atoms with van der Waals surface area (Å²) < 4.78 is 0. The normalized spacial score (nSPS) is 16.7. The van der Waals surface area contributed by atoms with Crippen molar-refractivity contribution in [1.82, 2.24) is 9.80 Å². The molecule has 0 aromatic heterocycles. The summed E-state index contributed by atoms with van der Waals surface area (Å²) in [5, 5.41) is 0. The maximum Gasteiger partial charge on any atom is 0.327 e.